The number of likely N-dealkylation sites (tertiary alicyclic amines) is 1. The van der Waals surface area contributed by atoms with Crippen LogP contribution in [0.3, 0.4) is 0 Å². The summed E-state index contributed by atoms with van der Waals surface area (Å²) in [5, 5.41) is 1.03. The smallest absolute Gasteiger partial charge is 0.260 e. The van der Waals surface area contributed by atoms with E-state index >= 15 is 0 Å². The number of hydrogen-bond acceptors (Lipinski definition) is 3. The molecule has 0 radical (unpaired) electrons. The highest BCUT2D eigenvalue weighted by atomic mass is 16.5. The Bertz CT molecular complexity index is 661. The van der Waals surface area contributed by atoms with Crippen molar-refractivity contribution in [3.05, 3.63) is 36.0 Å². The predicted octanol–water partition coefficient (Wildman–Crippen LogP) is 3.32. The number of aryl methyl sites for hydroxylation is 1. The first-order valence-electron chi connectivity index (χ1n) is 8.01. The summed E-state index contributed by atoms with van der Waals surface area (Å²) in [5.41, 5.74) is 1.77. The van der Waals surface area contributed by atoms with Gasteiger partial charge in [-0.1, -0.05) is 31.0 Å². The van der Waals surface area contributed by atoms with Gasteiger partial charge >= 0.3 is 0 Å². The predicted molar refractivity (Wildman–Crippen MR) is 87.0 cm³/mol. The van der Waals surface area contributed by atoms with E-state index in [4.69, 9.17) is 4.74 Å². The summed E-state index contributed by atoms with van der Waals surface area (Å²) in [6, 6.07) is 9.83. The number of aromatic nitrogens is 1. The molecule has 3 rings (SSSR count). The van der Waals surface area contributed by atoms with E-state index in [1.807, 2.05) is 42.2 Å². The van der Waals surface area contributed by atoms with Crippen molar-refractivity contribution in [1.29, 1.82) is 0 Å². The third kappa shape index (κ3) is 3.38. The molecule has 1 saturated heterocycles. The summed E-state index contributed by atoms with van der Waals surface area (Å²) in [6.07, 6.45) is 4.63. The minimum atomic E-state index is 0.0755. The Morgan fingerprint density at radius 1 is 1.14 bits per heavy atom. The number of pyridine rings is 1. The van der Waals surface area contributed by atoms with Gasteiger partial charge < -0.3 is 9.64 Å². The maximum absolute atomic E-state index is 12.3. The van der Waals surface area contributed by atoms with Crippen LogP contribution >= 0.6 is 0 Å². The monoisotopic (exact) mass is 298 g/mol. The van der Waals surface area contributed by atoms with Gasteiger partial charge in [0.2, 0.25) is 0 Å². The van der Waals surface area contributed by atoms with Gasteiger partial charge in [-0.3, -0.25) is 4.79 Å². The fourth-order valence-electron chi connectivity index (χ4n) is 2.88. The van der Waals surface area contributed by atoms with Gasteiger partial charge in [-0.05, 0) is 31.9 Å². The molecule has 22 heavy (non-hydrogen) atoms. The largest absolute Gasteiger partial charge is 0.481 e. The Kier molecular flexibility index (Phi) is 4.56. The van der Waals surface area contributed by atoms with Crippen molar-refractivity contribution in [2.24, 2.45) is 0 Å². The summed E-state index contributed by atoms with van der Waals surface area (Å²) in [4.78, 5) is 18.8. The fraction of sp³-hybridized carbons (Fsp3) is 0.444. The maximum Gasteiger partial charge on any atom is 0.260 e. The van der Waals surface area contributed by atoms with Crippen molar-refractivity contribution < 1.29 is 9.53 Å². The molecule has 4 nitrogen and oxygen atoms in total. The molecule has 0 unspecified atom stereocenters. The molecule has 2 aromatic rings. The summed E-state index contributed by atoms with van der Waals surface area (Å²) in [6.45, 7) is 3.76. The number of fused-ring (bicyclic) bond motifs is 1. The lowest BCUT2D eigenvalue weighted by Gasteiger charge is -2.20. The molecule has 0 bridgehead atoms. The average molecular weight is 298 g/mol. The quantitative estimate of drug-likeness (QED) is 0.873. The van der Waals surface area contributed by atoms with Crippen LogP contribution in [0.5, 0.6) is 5.75 Å². The molecule has 1 fully saturated rings. The lowest BCUT2D eigenvalue weighted by atomic mass is 10.2. The Morgan fingerprint density at radius 3 is 2.68 bits per heavy atom. The molecule has 1 aliphatic heterocycles. The first kappa shape index (κ1) is 14.8. The second-order valence-corrected chi connectivity index (χ2v) is 5.86. The minimum Gasteiger partial charge on any atom is -0.481 e. The van der Waals surface area contributed by atoms with Crippen LogP contribution in [0.2, 0.25) is 0 Å². The molecule has 0 N–H and O–H groups in total. The molecule has 0 spiro atoms. The second-order valence-electron chi connectivity index (χ2n) is 5.86. The highest BCUT2D eigenvalue weighted by Crippen LogP contribution is 2.24. The molecule has 0 atom stereocenters. The number of benzene rings is 1. The standard InChI is InChI=1S/C18H22N2O2/c1-14-9-10-15-7-6-8-16(18(15)19-14)22-13-17(21)20-11-4-2-3-5-12-20/h6-10H,2-5,11-13H2,1H3. The summed E-state index contributed by atoms with van der Waals surface area (Å²) in [5.74, 6) is 0.760. The van der Waals surface area contributed by atoms with Gasteiger partial charge in [0.1, 0.15) is 11.3 Å². The van der Waals surface area contributed by atoms with Crippen LogP contribution in [0.25, 0.3) is 10.9 Å². The van der Waals surface area contributed by atoms with Crippen LogP contribution in [0.1, 0.15) is 31.4 Å². The summed E-state index contributed by atoms with van der Waals surface area (Å²) in [7, 11) is 0. The topological polar surface area (TPSA) is 42.4 Å². The number of para-hydroxylation sites is 1. The Balaban J connectivity index is 1.70. The molecule has 1 amide bonds. The molecule has 2 heterocycles. The Hall–Kier alpha value is -2.10. The highest BCUT2D eigenvalue weighted by Gasteiger charge is 2.16. The van der Waals surface area contributed by atoms with Crippen molar-refractivity contribution in [2.45, 2.75) is 32.6 Å². The van der Waals surface area contributed by atoms with E-state index in [-0.39, 0.29) is 12.5 Å². The second kappa shape index (κ2) is 6.77. The van der Waals surface area contributed by atoms with Gasteiger partial charge in [-0.2, -0.15) is 0 Å². The first-order chi connectivity index (χ1) is 10.7. The molecule has 1 aliphatic rings. The van der Waals surface area contributed by atoms with Crippen molar-refractivity contribution in [3.8, 4) is 5.75 Å². The van der Waals surface area contributed by atoms with E-state index in [0.29, 0.717) is 5.75 Å². The third-order valence-corrected chi connectivity index (χ3v) is 4.13. The zero-order valence-corrected chi connectivity index (χ0v) is 13.0. The van der Waals surface area contributed by atoms with Gasteiger partial charge in [-0.15, -0.1) is 0 Å². The number of nitrogens with zero attached hydrogens (tertiary/aromatic N) is 2. The maximum atomic E-state index is 12.3. The number of hydrogen-bond donors (Lipinski definition) is 0. The van der Waals surface area contributed by atoms with Crippen LogP contribution in [-0.4, -0.2) is 35.5 Å². The molecule has 4 heteroatoms. The van der Waals surface area contributed by atoms with Crippen molar-refractivity contribution in [3.63, 3.8) is 0 Å². The number of carbonyl (C=O) groups is 1. The van der Waals surface area contributed by atoms with E-state index in [2.05, 4.69) is 4.98 Å². The number of amides is 1. The van der Waals surface area contributed by atoms with E-state index in [1.165, 1.54) is 12.8 Å². The number of ether oxygens (including phenoxy) is 1. The van der Waals surface area contributed by atoms with Crippen molar-refractivity contribution >= 4 is 16.8 Å². The van der Waals surface area contributed by atoms with Gasteiger partial charge in [0.15, 0.2) is 6.61 Å². The number of carbonyl (C=O) groups excluding carboxylic acids is 1. The first-order valence-corrected chi connectivity index (χ1v) is 8.01. The summed E-state index contributed by atoms with van der Waals surface area (Å²) < 4.78 is 5.78. The third-order valence-electron chi connectivity index (χ3n) is 4.13. The molecule has 1 aromatic heterocycles. The van der Waals surface area contributed by atoms with Crippen molar-refractivity contribution in [2.75, 3.05) is 19.7 Å². The van der Waals surface area contributed by atoms with Gasteiger partial charge in [0, 0.05) is 24.2 Å². The normalized spacial score (nSPS) is 15.6. The van der Waals surface area contributed by atoms with Crippen LogP contribution < -0.4 is 4.74 Å². The van der Waals surface area contributed by atoms with Crippen molar-refractivity contribution in [1.82, 2.24) is 9.88 Å². The van der Waals surface area contributed by atoms with Crippen LogP contribution in [0, 0.1) is 6.92 Å². The SMILES string of the molecule is Cc1ccc2cccc(OCC(=O)N3CCCCCC3)c2n1. The minimum absolute atomic E-state index is 0.0755. The van der Waals surface area contributed by atoms with Gasteiger partial charge in [0.05, 0.1) is 0 Å². The lowest BCUT2D eigenvalue weighted by molar-refractivity contribution is -0.133. The van der Waals surface area contributed by atoms with E-state index in [9.17, 15) is 4.79 Å². The molecular formula is C18H22N2O2. The van der Waals surface area contributed by atoms with Crippen LogP contribution in [-0.2, 0) is 4.79 Å². The van der Waals surface area contributed by atoms with Crippen LogP contribution in [0.15, 0.2) is 30.3 Å². The van der Waals surface area contributed by atoms with E-state index in [1.54, 1.807) is 0 Å². The van der Waals surface area contributed by atoms with Crippen LogP contribution in [0.4, 0.5) is 0 Å². The molecule has 0 aliphatic carbocycles. The highest BCUT2D eigenvalue weighted by molar-refractivity contribution is 5.85. The van der Waals surface area contributed by atoms with Gasteiger partial charge in [0.25, 0.3) is 5.91 Å². The molecule has 1 aromatic carbocycles. The zero-order chi connectivity index (χ0) is 15.4. The van der Waals surface area contributed by atoms with Gasteiger partial charge in [-0.25, -0.2) is 4.98 Å². The molecule has 116 valence electrons. The molecular weight excluding hydrogens is 276 g/mol. The Morgan fingerprint density at radius 2 is 1.91 bits per heavy atom. The zero-order valence-electron chi connectivity index (χ0n) is 13.0. The number of rotatable bonds is 3. The van der Waals surface area contributed by atoms with E-state index in [0.717, 1.165) is 42.5 Å². The average Bonchev–Trinajstić information content (AvgIpc) is 2.82. The Labute approximate surface area is 131 Å². The molecule has 0 saturated carbocycles. The lowest BCUT2D eigenvalue weighted by Crippen LogP contribution is -2.35. The van der Waals surface area contributed by atoms with E-state index < -0.39 is 0 Å². The summed E-state index contributed by atoms with van der Waals surface area (Å²) >= 11 is 0. The fourth-order valence-corrected chi connectivity index (χ4v) is 2.88.